The lowest BCUT2D eigenvalue weighted by atomic mass is 10.3. The summed E-state index contributed by atoms with van der Waals surface area (Å²) in [5.74, 6) is 0.644. The SMILES string of the molecule is CC(=O)NCCNC(=O)CCCOc1ccccc1Br. The molecule has 0 aliphatic heterocycles. The van der Waals surface area contributed by atoms with E-state index in [4.69, 9.17) is 4.74 Å². The van der Waals surface area contributed by atoms with E-state index in [1.165, 1.54) is 6.92 Å². The van der Waals surface area contributed by atoms with E-state index in [2.05, 4.69) is 26.6 Å². The van der Waals surface area contributed by atoms with Gasteiger partial charge in [0.2, 0.25) is 11.8 Å². The lowest BCUT2D eigenvalue weighted by molar-refractivity contribution is -0.122. The molecular formula is C14H19BrN2O3. The number of nitrogens with one attached hydrogen (secondary N) is 2. The average Bonchev–Trinajstić information content (AvgIpc) is 2.41. The molecule has 2 N–H and O–H groups in total. The number of amides is 2. The second kappa shape index (κ2) is 9.36. The van der Waals surface area contributed by atoms with E-state index in [1.54, 1.807) is 0 Å². The van der Waals surface area contributed by atoms with Crippen LogP contribution in [0.1, 0.15) is 19.8 Å². The van der Waals surface area contributed by atoms with Crippen LogP contribution in [0.2, 0.25) is 0 Å². The van der Waals surface area contributed by atoms with Crippen LogP contribution in [0.4, 0.5) is 0 Å². The molecule has 1 aromatic rings. The van der Waals surface area contributed by atoms with Crippen LogP contribution in [0, 0.1) is 0 Å². The number of halogens is 1. The topological polar surface area (TPSA) is 67.4 Å². The Kier molecular flexibility index (Phi) is 7.72. The fraction of sp³-hybridized carbons (Fsp3) is 0.429. The number of hydrogen-bond acceptors (Lipinski definition) is 3. The predicted molar refractivity (Wildman–Crippen MR) is 80.6 cm³/mol. The van der Waals surface area contributed by atoms with Crippen molar-refractivity contribution in [3.8, 4) is 5.75 Å². The van der Waals surface area contributed by atoms with Crippen LogP contribution in [-0.4, -0.2) is 31.5 Å². The van der Waals surface area contributed by atoms with Gasteiger partial charge in [-0.3, -0.25) is 9.59 Å². The first-order valence-corrected chi connectivity index (χ1v) is 7.27. The predicted octanol–water partition coefficient (Wildman–Crippen LogP) is 1.86. The molecule has 0 atom stereocenters. The number of rotatable bonds is 8. The van der Waals surface area contributed by atoms with Crippen LogP contribution in [0.15, 0.2) is 28.7 Å². The number of ether oxygens (including phenoxy) is 1. The van der Waals surface area contributed by atoms with Crippen LogP contribution in [0.25, 0.3) is 0 Å². The molecule has 0 fully saturated rings. The molecule has 110 valence electrons. The van der Waals surface area contributed by atoms with Crippen molar-refractivity contribution in [2.75, 3.05) is 19.7 Å². The largest absolute Gasteiger partial charge is 0.492 e. The lowest BCUT2D eigenvalue weighted by Crippen LogP contribution is -2.33. The summed E-state index contributed by atoms with van der Waals surface area (Å²) in [5, 5.41) is 5.34. The number of para-hydroxylation sites is 1. The minimum absolute atomic E-state index is 0.0360. The van der Waals surface area contributed by atoms with Gasteiger partial charge in [0, 0.05) is 26.4 Å². The van der Waals surface area contributed by atoms with E-state index in [0.29, 0.717) is 32.5 Å². The molecule has 2 amide bonds. The van der Waals surface area contributed by atoms with Gasteiger partial charge in [0.25, 0.3) is 0 Å². The first-order valence-electron chi connectivity index (χ1n) is 6.48. The Balaban J connectivity index is 2.07. The molecule has 0 aliphatic carbocycles. The monoisotopic (exact) mass is 342 g/mol. The lowest BCUT2D eigenvalue weighted by Gasteiger charge is -2.08. The molecule has 0 bridgehead atoms. The first kappa shape index (κ1) is 16.5. The maximum absolute atomic E-state index is 11.5. The van der Waals surface area contributed by atoms with E-state index in [0.717, 1.165) is 10.2 Å². The van der Waals surface area contributed by atoms with Gasteiger partial charge in [-0.15, -0.1) is 0 Å². The van der Waals surface area contributed by atoms with Crippen molar-refractivity contribution in [2.24, 2.45) is 0 Å². The Morgan fingerprint density at radius 3 is 2.60 bits per heavy atom. The smallest absolute Gasteiger partial charge is 0.220 e. The summed E-state index contributed by atoms with van der Waals surface area (Å²) < 4.78 is 6.46. The molecule has 6 heteroatoms. The van der Waals surface area contributed by atoms with Crippen molar-refractivity contribution in [1.82, 2.24) is 10.6 Å². The number of carbonyl (C=O) groups is 2. The van der Waals surface area contributed by atoms with Crippen LogP contribution >= 0.6 is 15.9 Å². The van der Waals surface area contributed by atoms with Crippen molar-refractivity contribution in [3.63, 3.8) is 0 Å². The summed E-state index contributed by atoms with van der Waals surface area (Å²) in [5.41, 5.74) is 0. The second-order valence-electron chi connectivity index (χ2n) is 4.22. The zero-order chi connectivity index (χ0) is 14.8. The molecule has 0 aliphatic rings. The molecule has 0 heterocycles. The molecule has 0 saturated carbocycles. The Labute approximate surface area is 127 Å². The van der Waals surface area contributed by atoms with Crippen LogP contribution in [0.3, 0.4) is 0 Å². The standard InChI is InChI=1S/C14H19BrN2O3/c1-11(18)16-8-9-17-14(19)7-4-10-20-13-6-3-2-5-12(13)15/h2-3,5-6H,4,7-10H2,1H3,(H,16,18)(H,17,19). The molecule has 0 saturated heterocycles. The highest BCUT2D eigenvalue weighted by Crippen LogP contribution is 2.23. The van der Waals surface area contributed by atoms with Crippen molar-refractivity contribution in [1.29, 1.82) is 0 Å². The number of carbonyl (C=O) groups excluding carboxylic acids is 2. The van der Waals surface area contributed by atoms with Crippen LogP contribution in [-0.2, 0) is 9.59 Å². The van der Waals surface area contributed by atoms with Gasteiger partial charge in [-0.1, -0.05) is 12.1 Å². The fourth-order valence-electron chi connectivity index (χ4n) is 1.51. The molecule has 0 aromatic heterocycles. The summed E-state index contributed by atoms with van der Waals surface area (Å²) in [6, 6.07) is 7.59. The highest BCUT2D eigenvalue weighted by molar-refractivity contribution is 9.10. The Bertz CT molecular complexity index is 452. The van der Waals surface area contributed by atoms with Crippen LogP contribution < -0.4 is 15.4 Å². The zero-order valence-corrected chi connectivity index (χ0v) is 13.0. The Morgan fingerprint density at radius 2 is 1.90 bits per heavy atom. The van der Waals surface area contributed by atoms with Gasteiger partial charge < -0.3 is 15.4 Å². The quantitative estimate of drug-likeness (QED) is 0.708. The van der Waals surface area contributed by atoms with Gasteiger partial charge >= 0.3 is 0 Å². The van der Waals surface area contributed by atoms with Gasteiger partial charge in [-0.05, 0) is 34.5 Å². The molecule has 1 aromatic carbocycles. The number of hydrogen-bond donors (Lipinski definition) is 2. The summed E-state index contributed by atoms with van der Waals surface area (Å²) in [6.45, 7) is 2.83. The van der Waals surface area contributed by atoms with E-state index in [9.17, 15) is 9.59 Å². The van der Waals surface area contributed by atoms with Crippen molar-refractivity contribution in [3.05, 3.63) is 28.7 Å². The summed E-state index contributed by atoms with van der Waals surface area (Å²) >= 11 is 3.39. The highest BCUT2D eigenvalue weighted by atomic mass is 79.9. The minimum atomic E-state index is -0.0962. The normalized spacial score (nSPS) is 9.90. The van der Waals surface area contributed by atoms with Crippen LogP contribution in [0.5, 0.6) is 5.75 Å². The maximum Gasteiger partial charge on any atom is 0.220 e. The van der Waals surface area contributed by atoms with Crippen molar-refractivity contribution >= 4 is 27.7 Å². The molecule has 20 heavy (non-hydrogen) atoms. The molecule has 0 spiro atoms. The van der Waals surface area contributed by atoms with E-state index in [1.807, 2.05) is 24.3 Å². The average molecular weight is 343 g/mol. The molecule has 1 rings (SSSR count). The van der Waals surface area contributed by atoms with Gasteiger partial charge in [-0.25, -0.2) is 0 Å². The molecule has 5 nitrogen and oxygen atoms in total. The van der Waals surface area contributed by atoms with Gasteiger partial charge in [0.15, 0.2) is 0 Å². The molecular weight excluding hydrogens is 324 g/mol. The maximum atomic E-state index is 11.5. The first-order chi connectivity index (χ1) is 9.59. The third kappa shape index (κ3) is 7.13. The van der Waals surface area contributed by atoms with Gasteiger partial charge in [0.05, 0.1) is 11.1 Å². The highest BCUT2D eigenvalue weighted by Gasteiger charge is 2.02. The summed E-state index contributed by atoms with van der Waals surface area (Å²) in [7, 11) is 0. The Morgan fingerprint density at radius 1 is 1.20 bits per heavy atom. The number of benzene rings is 1. The minimum Gasteiger partial charge on any atom is -0.492 e. The zero-order valence-electron chi connectivity index (χ0n) is 11.4. The van der Waals surface area contributed by atoms with Crippen molar-refractivity contribution < 1.29 is 14.3 Å². The summed E-state index contributed by atoms with van der Waals surface area (Å²) in [4.78, 5) is 22.1. The van der Waals surface area contributed by atoms with E-state index < -0.39 is 0 Å². The molecule has 0 radical (unpaired) electrons. The Hall–Kier alpha value is -1.56. The second-order valence-corrected chi connectivity index (χ2v) is 5.07. The summed E-state index contributed by atoms with van der Waals surface area (Å²) in [6.07, 6.45) is 1.05. The third-order valence-electron chi connectivity index (χ3n) is 2.46. The van der Waals surface area contributed by atoms with Gasteiger partial charge in [0.1, 0.15) is 5.75 Å². The van der Waals surface area contributed by atoms with Gasteiger partial charge in [-0.2, -0.15) is 0 Å². The fourth-order valence-corrected chi connectivity index (χ4v) is 1.90. The third-order valence-corrected chi connectivity index (χ3v) is 3.12. The molecule has 0 unspecified atom stereocenters. The van der Waals surface area contributed by atoms with E-state index in [-0.39, 0.29) is 11.8 Å². The van der Waals surface area contributed by atoms with E-state index >= 15 is 0 Å². The van der Waals surface area contributed by atoms with Crippen molar-refractivity contribution in [2.45, 2.75) is 19.8 Å².